The van der Waals surface area contributed by atoms with Gasteiger partial charge in [-0.2, -0.15) is 0 Å². The Morgan fingerprint density at radius 2 is 2.06 bits per heavy atom. The first kappa shape index (κ1) is 13.4. The third-order valence-corrected chi connectivity index (χ3v) is 3.56. The van der Waals surface area contributed by atoms with Gasteiger partial charge in [0.15, 0.2) is 11.6 Å². The summed E-state index contributed by atoms with van der Waals surface area (Å²) in [5, 5.41) is 3.44. The number of nitrogens with one attached hydrogen (secondary N) is 1. The van der Waals surface area contributed by atoms with E-state index in [0.717, 1.165) is 25.1 Å². The van der Waals surface area contributed by atoms with Crippen LogP contribution >= 0.6 is 0 Å². The molecule has 1 saturated heterocycles. The van der Waals surface area contributed by atoms with Gasteiger partial charge in [0, 0.05) is 25.2 Å². The van der Waals surface area contributed by atoms with Crippen LogP contribution in [-0.4, -0.2) is 30.1 Å². The summed E-state index contributed by atoms with van der Waals surface area (Å²) in [6.45, 7) is 6.94. The molecule has 0 bridgehead atoms. The van der Waals surface area contributed by atoms with Crippen molar-refractivity contribution in [3.63, 3.8) is 0 Å². The first-order valence-corrected chi connectivity index (χ1v) is 6.47. The molecule has 1 heterocycles. The van der Waals surface area contributed by atoms with E-state index in [2.05, 4.69) is 24.1 Å². The van der Waals surface area contributed by atoms with Crippen LogP contribution in [-0.2, 0) is 6.54 Å². The lowest BCUT2D eigenvalue weighted by molar-refractivity contribution is 0.198. The Morgan fingerprint density at radius 3 is 2.78 bits per heavy atom. The zero-order valence-electron chi connectivity index (χ0n) is 10.9. The quantitative estimate of drug-likeness (QED) is 0.872. The Balaban J connectivity index is 2.08. The molecule has 0 radical (unpaired) electrons. The summed E-state index contributed by atoms with van der Waals surface area (Å²) in [5.74, 6) is -1.54. The Hall–Kier alpha value is -1.00. The fourth-order valence-corrected chi connectivity index (χ4v) is 2.41. The Bertz CT molecular complexity index is 409. The molecule has 0 saturated carbocycles. The first-order valence-electron chi connectivity index (χ1n) is 6.47. The van der Waals surface area contributed by atoms with Gasteiger partial charge in [0.2, 0.25) is 0 Å². The summed E-state index contributed by atoms with van der Waals surface area (Å²) < 4.78 is 26.1. The number of nitrogens with zero attached hydrogens (tertiary/aromatic N) is 1. The van der Waals surface area contributed by atoms with Crippen molar-refractivity contribution in [2.45, 2.75) is 38.9 Å². The molecule has 1 fully saturated rings. The van der Waals surface area contributed by atoms with Crippen molar-refractivity contribution in [3.05, 3.63) is 35.4 Å². The molecule has 2 nitrogen and oxygen atoms in total. The molecule has 18 heavy (non-hydrogen) atoms. The fraction of sp³-hybridized carbons (Fsp3) is 0.571. The number of halogens is 2. The molecular weight excluding hydrogens is 234 g/mol. The SMILES string of the molecule is CC1CN(Cc2ccc(F)c(F)c2)C(C)CCN1. The van der Waals surface area contributed by atoms with Crippen molar-refractivity contribution in [1.29, 1.82) is 0 Å². The first-order chi connectivity index (χ1) is 8.56. The Morgan fingerprint density at radius 1 is 1.28 bits per heavy atom. The molecule has 100 valence electrons. The van der Waals surface area contributed by atoms with Gasteiger partial charge in [0.1, 0.15) is 0 Å². The molecule has 0 amide bonds. The lowest BCUT2D eigenvalue weighted by atomic mass is 10.1. The van der Waals surface area contributed by atoms with Crippen LogP contribution in [0.3, 0.4) is 0 Å². The average Bonchev–Trinajstić information content (AvgIpc) is 2.47. The maximum atomic E-state index is 13.2. The van der Waals surface area contributed by atoms with Gasteiger partial charge in [0.25, 0.3) is 0 Å². The molecule has 1 aliphatic rings. The fourth-order valence-electron chi connectivity index (χ4n) is 2.41. The summed E-state index contributed by atoms with van der Waals surface area (Å²) in [4.78, 5) is 2.32. The van der Waals surface area contributed by atoms with E-state index in [1.54, 1.807) is 6.07 Å². The van der Waals surface area contributed by atoms with Crippen LogP contribution in [0.25, 0.3) is 0 Å². The van der Waals surface area contributed by atoms with Gasteiger partial charge in [-0.1, -0.05) is 6.07 Å². The summed E-state index contributed by atoms with van der Waals surface area (Å²) in [7, 11) is 0. The second kappa shape index (κ2) is 5.76. The highest BCUT2D eigenvalue weighted by Crippen LogP contribution is 2.15. The van der Waals surface area contributed by atoms with Gasteiger partial charge < -0.3 is 5.32 Å². The average molecular weight is 254 g/mol. The molecule has 1 aromatic rings. The van der Waals surface area contributed by atoms with Crippen molar-refractivity contribution in [2.75, 3.05) is 13.1 Å². The minimum Gasteiger partial charge on any atom is -0.313 e. The Labute approximate surface area is 107 Å². The van der Waals surface area contributed by atoms with Crippen LogP contribution in [0.15, 0.2) is 18.2 Å². The van der Waals surface area contributed by atoms with Crippen molar-refractivity contribution in [2.24, 2.45) is 0 Å². The predicted molar refractivity (Wildman–Crippen MR) is 68.3 cm³/mol. The minimum atomic E-state index is -0.780. The van der Waals surface area contributed by atoms with E-state index in [1.807, 2.05) is 0 Å². The minimum absolute atomic E-state index is 0.431. The third-order valence-electron chi connectivity index (χ3n) is 3.56. The van der Waals surface area contributed by atoms with Gasteiger partial charge in [0.05, 0.1) is 0 Å². The summed E-state index contributed by atoms with van der Waals surface area (Å²) in [6.07, 6.45) is 1.08. The van der Waals surface area contributed by atoms with E-state index in [1.165, 1.54) is 12.1 Å². The molecule has 2 unspecified atom stereocenters. The van der Waals surface area contributed by atoms with Gasteiger partial charge in [-0.15, -0.1) is 0 Å². The standard InChI is InChI=1S/C14H20F2N2/c1-10-8-18(11(2)5-6-17-10)9-12-3-4-13(15)14(16)7-12/h3-4,7,10-11,17H,5-6,8-9H2,1-2H3. The number of hydrogen-bond donors (Lipinski definition) is 1. The summed E-state index contributed by atoms with van der Waals surface area (Å²) in [5.41, 5.74) is 0.829. The van der Waals surface area contributed by atoms with E-state index >= 15 is 0 Å². The predicted octanol–water partition coefficient (Wildman–Crippen LogP) is 2.54. The van der Waals surface area contributed by atoms with Gasteiger partial charge in [-0.05, 0) is 44.5 Å². The van der Waals surface area contributed by atoms with Crippen molar-refractivity contribution < 1.29 is 8.78 Å². The van der Waals surface area contributed by atoms with Gasteiger partial charge in [-0.25, -0.2) is 8.78 Å². The maximum absolute atomic E-state index is 13.2. The van der Waals surface area contributed by atoms with Crippen LogP contribution in [0.5, 0.6) is 0 Å². The molecule has 4 heteroatoms. The molecule has 0 aromatic heterocycles. The summed E-state index contributed by atoms with van der Waals surface area (Å²) >= 11 is 0. The highest BCUT2D eigenvalue weighted by Gasteiger charge is 2.20. The smallest absolute Gasteiger partial charge is 0.159 e. The van der Waals surface area contributed by atoms with Crippen LogP contribution in [0.2, 0.25) is 0 Å². The molecular formula is C14H20F2N2. The molecule has 0 aliphatic carbocycles. The monoisotopic (exact) mass is 254 g/mol. The van der Waals surface area contributed by atoms with Crippen LogP contribution in [0.4, 0.5) is 8.78 Å². The molecule has 1 aromatic carbocycles. The second-order valence-corrected chi connectivity index (χ2v) is 5.17. The van der Waals surface area contributed by atoms with Crippen LogP contribution in [0.1, 0.15) is 25.8 Å². The zero-order chi connectivity index (χ0) is 13.1. The largest absolute Gasteiger partial charge is 0.313 e. The molecule has 1 aliphatic heterocycles. The molecule has 1 N–H and O–H groups in total. The molecule has 2 atom stereocenters. The molecule has 2 rings (SSSR count). The highest BCUT2D eigenvalue weighted by atomic mass is 19.2. The Kier molecular flexibility index (Phi) is 4.30. The van der Waals surface area contributed by atoms with Gasteiger partial charge in [-0.3, -0.25) is 4.90 Å². The summed E-state index contributed by atoms with van der Waals surface area (Å²) in [6, 6.07) is 5.05. The van der Waals surface area contributed by atoms with E-state index in [4.69, 9.17) is 0 Å². The third kappa shape index (κ3) is 3.27. The lowest BCUT2D eigenvalue weighted by Crippen LogP contribution is -2.38. The van der Waals surface area contributed by atoms with E-state index in [0.29, 0.717) is 18.6 Å². The zero-order valence-corrected chi connectivity index (χ0v) is 10.9. The highest BCUT2D eigenvalue weighted by molar-refractivity contribution is 5.17. The van der Waals surface area contributed by atoms with Crippen molar-refractivity contribution in [1.82, 2.24) is 10.2 Å². The van der Waals surface area contributed by atoms with Crippen LogP contribution < -0.4 is 5.32 Å². The lowest BCUT2D eigenvalue weighted by Gasteiger charge is -2.28. The topological polar surface area (TPSA) is 15.3 Å². The van der Waals surface area contributed by atoms with E-state index in [9.17, 15) is 8.78 Å². The van der Waals surface area contributed by atoms with Crippen LogP contribution in [0, 0.1) is 11.6 Å². The normalized spacial score (nSPS) is 26.0. The molecule has 0 spiro atoms. The van der Waals surface area contributed by atoms with E-state index < -0.39 is 11.6 Å². The van der Waals surface area contributed by atoms with Crippen molar-refractivity contribution >= 4 is 0 Å². The van der Waals surface area contributed by atoms with Gasteiger partial charge >= 0.3 is 0 Å². The maximum Gasteiger partial charge on any atom is 0.159 e. The van der Waals surface area contributed by atoms with E-state index in [-0.39, 0.29) is 0 Å². The van der Waals surface area contributed by atoms with Crippen molar-refractivity contribution in [3.8, 4) is 0 Å². The number of rotatable bonds is 2. The number of hydrogen-bond acceptors (Lipinski definition) is 2. The second-order valence-electron chi connectivity index (χ2n) is 5.17. The number of benzene rings is 1.